The number of hydrogen-bond donors (Lipinski definition) is 2. The molecule has 5 heterocycles. The predicted octanol–water partition coefficient (Wildman–Crippen LogP) is 3.05. The van der Waals surface area contributed by atoms with Gasteiger partial charge in [-0.25, -0.2) is 19.9 Å². The summed E-state index contributed by atoms with van der Waals surface area (Å²) in [7, 11) is 0. The predicted molar refractivity (Wildman–Crippen MR) is 151 cm³/mol. The highest BCUT2D eigenvalue weighted by Crippen LogP contribution is 2.28. The Balaban J connectivity index is 1.32. The Morgan fingerprint density at radius 3 is 2.48 bits per heavy atom. The summed E-state index contributed by atoms with van der Waals surface area (Å²) < 4.78 is 7.42. The van der Waals surface area contributed by atoms with Crippen molar-refractivity contribution in [3.05, 3.63) is 48.9 Å². The molecule has 0 saturated carbocycles. The molecule has 1 aromatic carbocycles. The summed E-state index contributed by atoms with van der Waals surface area (Å²) in [6.45, 7) is 6.45. The molecule has 2 N–H and O–H groups in total. The van der Waals surface area contributed by atoms with E-state index in [0.29, 0.717) is 61.2 Å². The molecule has 2 fully saturated rings. The van der Waals surface area contributed by atoms with E-state index in [4.69, 9.17) is 14.7 Å². The van der Waals surface area contributed by atoms with Crippen molar-refractivity contribution in [1.82, 2.24) is 29.4 Å². The molecule has 6 rings (SSSR count). The molecule has 0 bridgehead atoms. The summed E-state index contributed by atoms with van der Waals surface area (Å²) in [4.78, 5) is 46.6. The van der Waals surface area contributed by atoms with Gasteiger partial charge in [0.1, 0.15) is 5.82 Å². The molecule has 2 aliphatic heterocycles. The zero-order valence-corrected chi connectivity index (χ0v) is 22.3. The molecule has 0 unspecified atom stereocenters. The lowest BCUT2D eigenvalue weighted by Crippen LogP contribution is -2.36. The van der Waals surface area contributed by atoms with Gasteiger partial charge in [0.2, 0.25) is 11.8 Å². The highest BCUT2D eigenvalue weighted by molar-refractivity contribution is 5.90. The number of morpholine rings is 1. The molecular formula is C28H31N9O3. The number of nitrogens with zero attached hydrogens (tertiary/aromatic N) is 7. The number of likely N-dealkylation sites (tertiary alicyclic amines) is 1. The van der Waals surface area contributed by atoms with Crippen molar-refractivity contribution in [3.8, 4) is 11.4 Å². The van der Waals surface area contributed by atoms with Gasteiger partial charge < -0.3 is 29.7 Å². The van der Waals surface area contributed by atoms with Crippen LogP contribution in [0.4, 0.5) is 23.0 Å². The lowest BCUT2D eigenvalue weighted by molar-refractivity contribution is -0.127. The van der Waals surface area contributed by atoms with Crippen molar-refractivity contribution >= 4 is 46.0 Å². The smallest absolute Gasteiger partial charge is 0.222 e. The van der Waals surface area contributed by atoms with Gasteiger partial charge in [0.25, 0.3) is 0 Å². The van der Waals surface area contributed by atoms with Crippen molar-refractivity contribution in [2.24, 2.45) is 0 Å². The minimum atomic E-state index is -0.128. The maximum absolute atomic E-state index is 12.1. The Hall–Kier alpha value is -4.58. The highest BCUT2D eigenvalue weighted by Gasteiger charge is 2.21. The molecule has 40 heavy (non-hydrogen) atoms. The number of rotatable bonds is 8. The van der Waals surface area contributed by atoms with Crippen LogP contribution in [-0.2, 0) is 20.9 Å². The zero-order chi connectivity index (χ0) is 27.5. The van der Waals surface area contributed by atoms with Crippen molar-refractivity contribution in [1.29, 1.82) is 0 Å². The number of benzene rings is 1. The lowest BCUT2D eigenvalue weighted by atomic mass is 10.2. The van der Waals surface area contributed by atoms with Gasteiger partial charge in [-0.2, -0.15) is 0 Å². The molecule has 0 radical (unpaired) electrons. The van der Waals surface area contributed by atoms with Crippen LogP contribution in [0.2, 0.25) is 0 Å². The van der Waals surface area contributed by atoms with Crippen LogP contribution >= 0.6 is 0 Å². The average Bonchev–Trinajstić information content (AvgIpc) is 3.58. The number of ether oxygens (including phenoxy) is 1. The molecule has 2 aliphatic rings. The zero-order valence-electron chi connectivity index (χ0n) is 22.3. The topological polar surface area (TPSA) is 130 Å². The van der Waals surface area contributed by atoms with E-state index in [-0.39, 0.29) is 11.8 Å². The summed E-state index contributed by atoms with van der Waals surface area (Å²) in [6, 6.07) is 11.3. The fraction of sp³-hybridized carbons (Fsp3) is 0.357. The Morgan fingerprint density at radius 2 is 1.77 bits per heavy atom. The second kappa shape index (κ2) is 11.3. The van der Waals surface area contributed by atoms with Crippen LogP contribution in [0.25, 0.3) is 22.6 Å². The molecule has 2 amide bonds. The first-order chi connectivity index (χ1) is 19.5. The summed E-state index contributed by atoms with van der Waals surface area (Å²) in [5.41, 5.74) is 3.58. The molecule has 206 valence electrons. The van der Waals surface area contributed by atoms with Crippen LogP contribution in [0.3, 0.4) is 0 Å². The van der Waals surface area contributed by atoms with E-state index < -0.39 is 0 Å². The standard InChI is InChI=1S/C28H31N9O3/c1-19(38)31-21-5-7-22(8-6-21)32-27-25-28(37(18-30-25)12-11-36-10-2-3-24(36)39)34-26(33-27)20-4-9-23(29-17-20)35-13-15-40-16-14-35/h4-9,17-18H,2-3,10-16H2,1H3,(H,31,38)(H,32,33,34). The molecule has 4 aromatic rings. The summed E-state index contributed by atoms with van der Waals surface area (Å²) >= 11 is 0. The maximum atomic E-state index is 12.1. The molecule has 3 aromatic heterocycles. The van der Waals surface area contributed by atoms with Gasteiger partial charge in [0.15, 0.2) is 22.8 Å². The van der Waals surface area contributed by atoms with E-state index in [1.807, 2.05) is 45.9 Å². The largest absolute Gasteiger partial charge is 0.378 e. The van der Waals surface area contributed by atoms with E-state index in [1.165, 1.54) is 6.92 Å². The van der Waals surface area contributed by atoms with Crippen LogP contribution in [0, 0.1) is 0 Å². The van der Waals surface area contributed by atoms with Crippen molar-refractivity contribution in [2.75, 3.05) is 54.9 Å². The van der Waals surface area contributed by atoms with Crippen LogP contribution in [0.1, 0.15) is 19.8 Å². The van der Waals surface area contributed by atoms with Crippen molar-refractivity contribution in [3.63, 3.8) is 0 Å². The number of nitrogens with one attached hydrogen (secondary N) is 2. The number of fused-ring (bicyclic) bond motifs is 1. The fourth-order valence-corrected chi connectivity index (χ4v) is 4.97. The van der Waals surface area contributed by atoms with Crippen LogP contribution < -0.4 is 15.5 Å². The first-order valence-corrected chi connectivity index (χ1v) is 13.5. The SMILES string of the molecule is CC(=O)Nc1ccc(Nc2nc(-c3ccc(N4CCOCC4)nc3)nc3c2ncn3CCN2CCCC2=O)cc1. The molecule has 12 heteroatoms. The van der Waals surface area contributed by atoms with Gasteiger partial charge in [-0.3, -0.25) is 9.59 Å². The quantitative estimate of drug-likeness (QED) is 0.346. The summed E-state index contributed by atoms with van der Waals surface area (Å²) in [6.07, 6.45) is 5.05. The molecule has 2 saturated heterocycles. The number of anilines is 4. The number of aromatic nitrogens is 5. The molecule has 0 atom stereocenters. The normalized spacial score (nSPS) is 15.6. The maximum Gasteiger partial charge on any atom is 0.222 e. The number of hydrogen-bond acceptors (Lipinski definition) is 9. The first kappa shape index (κ1) is 25.7. The first-order valence-electron chi connectivity index (χ1n) is 13.5. The van der Waals surface area contributed by atoms with Crippen molar-refractivity contribution in [2.45, 2.75) is 26.3 Å². The highest BCUT2D eigenvalue weighted by atomic mass is 16.5. The minimum Gasteiger partial charge on any atom is -0.378 e. The Labute approximate surface area is 231 Å². The van der Waals surface area contributed by atoms with Crippen LogP contribution in [0.15, 0.2) is 48.9 Å². The summed E-state index contributed by atoms with van der Waals surface area (Å²) in [5, 5.41) is 6.15. The van der Waals surface area contributed by atoms with E-state index >= 15 is 0 Å². The van der Waals surface area contributed by atoms with E-state index in [2.05, 4.69) is 25.5 Å². The average molecular weight is 542 g/mol. The van der Waals surface area contributed by atoms with Crippen molar-refractivity contribution < 1.29 is 14.3 Å². The molecule has 0 spiro atoms. The number of carbonyl (C=O) groups excluding carboxylic acids is 2. The van der Waals surface area contributed by atoms with Gasteiger partial charge in [0.05, 0.1) is 19.5 Å². The van der Waals surface area contributed by atoms with Crippen LogP contribution in [0.5, 0.6) is 0 Å². The van der Waals surface area contributed by atoms with Gasteiger partial charge in [-0.15, -0.1) is 0 Å². The molecular weight excluding hydrogens is 510 g/mol. The third kappa shape index (κ3) is 5.57. The van der Waals surface area contributed by atoms with Gasteiger partial charge in [-0.05, 0) is 42.8 Å². The minimum absolute atomic E-state index is 0.128. The fourth-order valence-electron chi connectivity index (χ4n) is 4.97. The number of imidazole rings is 1. The lowest BCUT2D eigenvalue weighted by Gasteiger charge is -2.27. The molecule has 12 nitrogen and oxygen atoms in total. The summed E-state index contributed by atoms with van der Waals surface area (Å²) in [5.74, 6) is 2.03. The van der Waals surface area contributed by atoms with Gasteiger partial charge in [0, 0.05) is 69.2 Å². The number of carbonyl (C=O) groups is 2. The number of pyridine rings is 1. The third-order valence-electron chi connectivity index (χ3n) is 7.06. The Morgan fingerprint density at radius 1 is 0.975 bits per heavy atom. The van der Waals surface area contributed by atoms with E-state index in [9.17, 15) is 9.59 Å². The van der Waals surface area contributed by atoms with Gasteiger partial charge >= 0.3 is 0 Å². The Kier molecular flexibility index (Phi) is 7.23. The van der Waals surface area contributed by atoms with Crippen LogP contribution in [-0.4, -0.2) is 80.6 Å². The van der Waals surface area contributed by atoms with Gasteiger partial charge in [-0.1, -0.05) is 0 Å². The monoisotopic (exact) mass is 541 g/mol. The Bertz CT molecular complexity index is 1510. The van der Waals surface area contributed by atoms with E-state index in [1.54, 1.807) is 12.5 Å². The number of amides is 2. The second-order valence-electron chi connectivity index (χ2n) is 9.88. The second-order valence-corrected chi connectivity index (χ2v) is 9.88. The third-order valence-corrected chi connectivity index (χ3v) is 7.06. The van der Waals surface area contributed by atoms with E-state index in [0.717, 1.165) is 43.1 Å². The molecule has 0 aliphatic carbocycles.